The summed E-state index contributed by atoms with van der Waals surface area (Å²) in [7, 11) is 6.56. The number of rotatable bonds is 25. The minimum absolute atomic E-state index is 0.0132. The molecule has 4 atom stereocenters. The molecule has 0 bridgehead atoms. The molecule has 82 heavy (non-hydrogen) atoms. The number of nitrogens with zero attached hydrogens (tertiary/aromatic N) is 2. The Kier molecular flexibility index (Phi) is 19.1. The molecule has 4 aliphatic rings. The topological polar surface area (TPSA) is 210 Å². The molecule has 0 spiro atoms. The monoisotopic (exact) mass is 1150 g/mol. The van der Waals surface area contributed by atoms with E-state index in [4.69, 9.17) is 14.2 Å². The number of amides is 5. The van der Waals surface area contributed by atoms with Gasteiger partial charge < -0.3 is 45.1 Å². The molecule has 4 aliphatic heterocycles. The van der Waals surface area contributed by atoms with Crippen molar-refractivity contribution in [1.29, 1.82) is 0 Å². The number of nitrogens with one attached hydrogen (secondary N) is 3. The van der Waals surface area contributed by atoms with E-state index in [1.54, 1.807) is 51.7 Å². The lowest BCUT2D eigenvalue weighted by molar-refractivity contribution is -0.127. The molecular formula is C64H73N5O11S2. The van der Waals surface area contributed by atoms with Gasteiger partial charge in [0.05, 0.1) is 25.8 Å². The van der Waals surface area contributed by atoms with Crippen molar-refractivity contribution in [2.24, 2.45) is 0 Å². The number of aliphatic hydroxyl groups is 1. The highest BCUT2D eigenvalue weighted by atomic mass is 33.1. The van der Waals surface area contributed by atoms with Gasteiger partial charge in [-0.25, -0.2) is 0 Å². The Morgan fingerprint density at radius 2 is 1.33 bits per heavy atom. The molecule has 5 aromatic carbocycles. The Morgan fingerprint density at radius 3 is 2.05 bits per heavy atom. The van der Waals surface area contributed by atoms with Crippen LogP contribution in [0.2, 0.25) is 0 Å². The first-order chi connectivity index (χ1) is 39.4. The summed E-state index contributed by atoms with van der Waals surface area (Å²) in [5.74, 6) is -0.0738. The summed E-state index contributed by atoms with van der Waals surface area (Å²) in [4.78, 5) is 95.5. The fourth-order valence-corrected chi connectivity index (χ4v) is 13.8. The van der Waals surface area contributed by atoms with Gasteiger partial charge >= 0.3 is 0 Å². The van der Waals surface area contributed by atoms with E-state index >= 15 is 0 Å². The van der Waals surface area contributed by atoms with Gasteiger partial charge in [-0.2, -0.15) is 0 Å². The molecule has 16 nitrogen and oxygen atoms in total. The molecule has 0 saturated heterocycles. The maximum atomic E-state index is 14.2. The minimum atomic E-state index is -0.798. The molecule has 0 fully saturated rings. The van der Waals surface area contributed by atoms with E-state index in [1.165, 1.54) is 7.11 Å². The Balaban J connectivity index is 0.831. The summed E-state index contributed by atoms with van der Waals surface area (Å²) >= 11 is 0. The van der Waals surface area contributed by atoms with E-state index in [1.807, 2.05) is 78.6 Å². The van der Waals surface area contributed by atoms with E-state index in [9.17, 15) is 38.7 Å². The third-order valence-electron chi connectivity index (χ3n) is 15.8. The summed E-state index contributed by atoms with van der Waals surface area (Å²) in [6, 6.07) is 28.2. The van der Waals surface area contributed by atoms with E-state index in [0.717, 1.165) is 52.9 Å². The maximum Gasteiger partial charge on any atom is 0.258 e. The second-order valence-corrected chi connectivity index (χ2v) is 25.8. The zero-order chi connectivity index (χ0) is 58.2. The number of hydrogen-bond donors (Lipinski definition) is 4. The van der Waals surface area contributed by atoms with Gasteiger partial charge in [-0.3, -0.25) is 33.6 Å². The van der Waals surface area contributed by atoms with Gasteiger partial charge in [-0.05, 0) is 153 Å². The number of benzene rings is 5. The lowest BCUT2D eigenvalue weighted by Gasteiger charge is -2.26. The molecule has 0 aromatic heterocycles. The van der Waals surface area contributed by atoms with Crippen LogP contribution in [0.15, 0.2) is 91.0 Å². The number of aliphatic hydroxyl groups excluding tert-OH is 1. The van der Waals surface area contributed by atoms with Gasteiger partial charge in [0, 0.05) is 96.2 Å². The van der Waals surface area contributed by atoms with Gasteiger partial charge in [-0.1, -0.05) is 64.9 Å². The number of methoxy groups -OCH3 is 1. The van der Waals surface area contributed by atoms with Crippen molar-refractivity contribution in [2.45, 2.75) is 153 Å². The third kappa shape index (κ3) is 14.4. The van der Waals surface area contributed by atoms with Crippen molar-refractivity contribution in [3.8, 4) is 17.2 Å². The average molecular weight is 1150 g/mol. The highest BCUT2D eigenvalue weighted by Crippen LogP contribution is 2.44. The van der Waals surface area contributed by atoms with Crippen LogP contribution >= 0.6 is 21.6 Å². The standard InChI is InChI=1S/C64H73N5O11S2/c1-38-25-50-45(31-55(72)54-30-44-12-8-10-14-53(44)69(54)63(50)77)33-56(38)79-36-40-26-41(37-80-58-32-42-16-17-47-29-43-11-7-9-13-52(43)68(47)62(76)51(42)34-57(58)78-6)28-46(27-40)67-61(75)22-19-49(71)35-66-60(74)21-18-48(70)23-24-64(3,4)82-81-39(2)15-20-59(73)65-5/h7-14,25-28,32-34,39,47,54-55,72H,15-24,29-31,35-37H2,1-6H3,(H,65,73)(H,66,74)(H,67,75)/t39?,47-,54+,55?/m1/s1. The molecule has 4 N–H and O–H groups in total. The van der Waals surface area contributed by atoms with E-state index in [0.29, 0.717) is 82.9 Å². The highest BCUT2D eigenvalue weighted by Gasteiger charge is 2.42. The predicted octanol–water partition coefficient (Wildman–Crippen LogP) is 9.78. The van der Waals surface area contributed by atoms with Crippen molar-refractivity contribution in [3.05, 3.63) is 141 Å². The number of fused-ring (bicyclic) bond motifs is 8. The van der Waals surface area contributed by atoms with Crippen molar-refractivity contribution in [3.63, 3.8) is 0 Å². The highest BCUT2D eigenvalue weighted by molar-refractivity contribution is 8.77. The van der Waals surface area contributed by atoms with E-state index in [-0.39, 0.29) is 103 Å². The largest absolute Gasteiger partial charge is 0.493 e. The van der Waals surface area contributed by atoms with Gasteiger partial charge in [0.2, 0.25) is 17.7 Å². The zero-order valence-corrected chi connectivity index (χ0v) is 49.2. The quantitative estimate of drug-likeness (QED) is 0.0402. The number of anilines is 3. The SMILES string of the molecule is CNC(=O)CCC(C)SSC(C)(C)CCC(=O)CCC(=O)NCC(=O)CCC(=O)Nc1cc(COc2cc3c(cc2C)C(=O)N2c4ccccc4C[C@H]2C(O)C3)cc(COc2cc3c(cc2OC)C(=O)N2c4ccccc4C[C@H]2CC3)c1. The Hall–Kier alpha value is -7.15. The Labute approximate surface area is 487 Å². The normalized spacial score (nSPS) is 17.2. The smallest absolute Gasteiger partial charge is 0.258 e. The number of carbonyl (C=O) groups excluding carboxylic acids is 7. The number of Topliss-reactive ketones (excluding diaryl/α,β-unsaturated/α-hetero) is 2. The van der Waals surface area contributed by atoms with Crippen LogP contribution in [-0.2, 0) is 62.9 Å². The third-order valence-corrected chi connectivity index (χ3v) is 19.7. The molecule has 9 rings (SSSR count). The number of para-hydroxylation sites is 2. The maximum absolute atomic E-state index is 14.2. The average Bonchev–Trinajstić information content (AvgIpc) is 4.09. The van der Waals surface area contributed by atoms with Crippen molar-refractivity contribution < 1.29 is 52.9 Å². The molecule has 0 saturated carbocycles. The number of carbonyl (C=O) groups is 7. The molecule has 5 amide bonds. The molecule has 432 valence electrons. The second-order valence-electron chi connectivity index (χ2n) is 22.5. The molecule has 5 aromatic rings. The number of aryl methyl sites for hydroxylation is 2. The first-order valence-corrected chi connectivity index (χ1v) is 30.5. The molecule has 2 unspecified atom stereocenters. The van der Waals surface area contributed by atoms with Crippen LogP contribution in [0, 0.1) is 6.92 Å². The first kappa shape index (κ1) is 59.5. The first-order valence-electron chi connectivity index (χ1n) is 28.3. The molecule has 18 heteroatoms. The van der Waals surface area contributed by atoms with Gasteiger partial charge in [0.15, 0.2) is 17.3 Å². The van der Waals surface area contributed by atoms with E-state index < -0.39 is 17.9 Å². The van der Waals surface area contributed by atoms with Crippen LogP contribution in [0.25, 0.3) is 0 Å². The van der Waals surface area contributed by atoms with Gasteiger partial charge in [0.25, 0.3) is 11.8 Å². The van der Waals surface area contributed by atoms with Crippen molar-refractivity contribution >= 4 is 79.8 Å². The summed E-state index contributed by atoms with van der Waals surface area (Å²) in [5.41, 5.74) is 9.08. The van der Waals surface area contributed by atoms with Crippen LogP contribution in [0.4, 0.5) is 17.1 Å². The lowest BCUT2D eigenvalue weighted by Crippen LogP contribution is -2.43. The van der Waals surface area contributed by atoms with Gasteiger partial charge in [0.1, 0.15) is 24.7 Å². The minimum Gasteiger partial charge on any atom is -0.493 e. The zero-order valence-electron chi connectivity index (χ0n) is 47.5. The fraction of sp³-hybridized carbons (Fsp3) is 0.422. The van der Waals surface area contributed by atoms with Crippen LogP contribution in [0.3, 0.4) is 0 Å². The van der Waals surface area contributed by atoms with Crippen molar-refractivity contribution in [1.82, 2.24) is 10.6 Å². The Morgan fingerprint density at radius 1 is 0.695 bits per heavy atom. The van der Waals surface area contributed by atoms with Crippen LogP contribution in [0.1, 0.15) is 138 Å². The van der Waals surface area contributed by atoms with Crippen molar-refractivity contribution in [2.75, 3.05) is 35.8 Å². The predicted molar refractivity (Wildman–Crippen MR) is 320 cm³/mol. The lowest BCUT2D eigenvalue weighted by atomic mass is 9.96. The number of ketones is 2. The molecular weight excluding hydrogens is 1080 g/mol. The molecule has 0 radical (unpaired) electrons. The van der Waals surface area contributed by atoms with Crippen LogP contribution in [-0.4, -0.2) is 95.1 Å². The van der Waals surface area contributed by atoms with E-state index in [2.05, 4.69) is 42.8 Å². The molecule has 4 heterocycles. The Bertz CT molecular complexity index is 3270. The summed E-state index contributed by atoms with van der Waals surface area (Å²) in [5, 5.41) is 19.9. The summed E-state index contributed by atoms with van der Waals surface area (Å²) in [6.45, 7) is 7.93. The van der Waals surface area contributed by atoms with Crippen LogP contribution in [0.5, 0.6) is 17.2 Å². The fourth-order valence-electron chi connectivity index (χ4n) is 11.2. The number of hydrogen-bond acceptors (Lipinski definition) is 13. The summed E-state index contributed by atoms with van der Waals surface area (Å²) < 4.78 is 18.6. The molecule has 0 aliphatic carbocycles. The summed E-state index contributed by atoms with van der Waals surface area (Å²) in [6.07, 6.45) is 4.17. The number of ether oxygens (including phenoxy) is 3. The van der Waals surface area contributed by atoms with Crippen LogP contribution < -0.4 is 40.0 Å². The second kappa shape index (κ2) is 26.4. The van der Waals surface area contributed by atoms with Gasteiger partial charge in [-0.15, -0.1) is 0 Å².